The van der Waals surface area contributed by atoms with Crippen LogP contribution in [0, 0.1) is 0 Å². The van der Waals surface area contributed by atoms with Crippen molar-refractivity contribution in [1.29, 1.82) is 0 Å². The van der Waals surface area contributed by atoms with E-state index in [4.69, 9.17) is 4.74 Å². The monoisotopic (exact) mass is 273 g/mol. The third kappa shape index (κ3) is 3.93. The molecule has 0 aliphatic heterocycles. The Labute approximate surface area is 118 Å². The third-order valence-electron chi connectivity index (χ3n) is 2.85. The molecular formula is C15H19N3O2. The first-order valence-corrected chi connectivity index (χ1v) is 6.78. The second-order valence-electron chi connectivity index (χ2n) is 4.34. The van der Waals surface area contributed by atoms with Crippen molar-refractivity contribution in [3.63, 3.8) is 0 Å². The number of rotatable bonds is 7. The van der Waals surface area contributed by atoms with Gasteiger partial charge in [-0.25, -0.2) is 0 Å². The van der Waals surface area contributed by atoms with Crippen LogP contribution in [0.5, 0.6) is 0 Å². The van der Waals surface area contributed by atoms with Gasteiger partial charge < -0.3 is 10.1 Å². The molecule has 0 radical (unpaired) electrons. The summed E-state index contributed by atoms with van der Waals surface area (Å²) in [6.07, 6.45) is 0.805. The van der Waals surface area contributed by atoms with Crippen LogP contribution in [-0.2, 0) is 4.74 Å². The van der Waals surface area contributed by atoms with E-state index in [0.29, 0.717) is 25.5 Å². The lowest BCUT2D eigenvalue weighted by Crippen LogP contribution is -2.25. The summed E-state index contributed by atoms with van der Waals surface area (Å²) in [5.41, 5.74) is 2.23. The minimum atomic E-state index is -0.142. The molecule has 2 rings (SSSR count). The van der Waals surface area contributed by atoms with Crippen molar-refractivity contribution in [2.75, 3.05) is 19.8 Å². The topological polar surface area (TPSA) is 67.0 Å². The molecule has 5 heteroatoms. The first kappa shape index (κ1) is 14.3. The molecule has 1 amide bonds. The summed E-state index contributed by atoms with van der Waals surface area (Å²) in [6.45, 7) is 3.91. The summed E-state index contributed by atoms with van der Waals surface area (Å²) in [5.74, 6) is -0.142. The van der Waals surface area contributed by atoms with Crippen LogP contribution in [-0.4, -0.2) is 35.9 Å². The number of H-pyrrole nitrogens is 1. The minimum Gasteiger partial charge on any atom is -0.382 e. The summed E-state index contributed by atoms with van der Waals surface area (Å²) < 4.78 is 5.21. The molecule has 0 aliphatic carbocycles. The molecule has 20 heavy (non-hydrogen) atoms. The van der Waals surface area contributed by atoms with Crippen molar-refractivity contribution in [3.8, 4) is 11.3 Å². The minimum absolute atomic E-state index is 0.142. The van der Waals surface area contributed by atoms with Crippen molar-refractivity contribution in [3.05, 3.63) is 42.1 Å². The van der Waals surface area contributed by atoms with E-state index in [1.54, 1.807) is 6.07 Å². The molecule has 106 valence electrons. The van der Waals surface area contributed by atoms with Gasteiger partial charge in [-0.05, 0) is 19.4 Å². The Morgan fingerprint density at radius 3 is 2.90 bits per heavy atom. The number of aromatic nitrogens is 2. The summed E-state index contributed by atoms with van der Waals surface area (Å²) in [5, 5.41) is 9.75. The highest BCUT2D eigenvalue weighted by Gasteiger charge is 2.10. The molecule has 1 aromatic heterocycles. The zero-order valence-corrected chi connectivity index (χ0v) is 11.6. The summed E-state index contributed by atoms with van der Waals surface area (Å²) in [7, 11) is 0. The van der Waals surface area contributed by atoms with Gasteiger partial charge in [0.2, 0.25) is 0 Å². The van der Waals surface area contributed by atoms with Gasteiger partial charge in [0.15, 0.2) is 0 Å². The summed E-state index contributed by atoms with van der Waals surface area (Å²) in [6, 6.07) is 11.5. The van der Waals surface area contributed by atoms with Crippen LogP contribution in [0.1, 0.15) is 23.8 Å². The number of carbonyl (C=O) groups excluding carboxylic acids is 1. The van der Waals surface area contributed by atoms with Gasteiger partial charge in [0.25, 0.3) is 5.91 Å². The maximum absolute atomic E-state index is 11.9. The Morgan fingerprint density at radius 2 is 2.15 bits per heavy atom. The molecule has 0 fully saturated rings. The Kier molecular flexibility index (Phi) is 5.32. The average Bonchev–Trinajstić information content (AvgIpc) is 2.98. The smallest absolute Gasteiger partial charge is 0.269 e. The second-order valence-corrected chi connectivity index (χ2v) is 4.34. The fourth-order valence-electron chi connectivity index (χ4n) is 1.81. The van der Waals surface area contributed by atoms with Gasteiger partial charge in [-0.15, -0.1) is 0 Å². The number of nitrogens with one attached hydrogen (secondary N) is 2. The zero-order chi connectivity index (χ0) is 14.2. The van der Waals surface area contributed by atoms with Gasteiger partial charge in [-0.2, -0.15) is 5.10 Å². The molecule has 0 aliphatic rings. The number of amides is 1. The molecule has 0 atom stereocenters. The highest BCUT2D eigenvalue weighted by Crippen LogP contribution is 2.16. The van der Waals surface area contributed by atoms with Gasteiger partial charge in [0.05, 0.1) is 5.69 Å². The Morgan fingerprint density at radius 1 is 1.35 bits per heavy atom. The van der Waals surface area contributed by atoms with Gasteiger partial charge >= 0.3 is 0 Å². The Balaban J connectivity index is 1.87. The normalized spacial score (nSPS) is 10.4. The lowest BCUT2D eigenvalue weighted by Gasteiger charge is -2.03. The molecule has 0 saturated carbocycles. The fraction of sp³-hybridized carbons (Fsp3) is 0.333. The lowest BCUT2D eigenvalue weighted by molar-refractivity contribution is 0.0939. The van der Waals surface area contributed by atoms with Crippen molar-refractivity contribution in [2.24, 2.45) is 0 Å². The van der Waals surface area contributed by atoms with Gasteiger partial charge in [-0.3, -0.25) is 9.89 Å². The quantitative estimate of drug-likeness (QED) is 0.760. The van der Waals surface area contributed by atoms with Crippen molar-refractivity contribution >= 4 is 5.91 Å². The number of nitrogens with zero attached hydrogens (tertiary/aromatic N) is 1. The molecule has 2 aromatic rings. The van der Waals surface area contributed by atoms with E-state index in [0.717, 1.165) is 17.7 Å². The number of ether oxygens (including phenoxy) is 1. The molecule has 0 spiro atoms. The summed E-state index contributed by atoms with van der Waals surface area (Å²) >= 11 is 0. The van der Waals surface area contributed by atoms with E-state index in [2.05, 4.69) is 15.5 Å². The SMILES string of the molecule is CCOCCCNC(=O)c1cc(-c2ccccc2)n[nH]1. The van der Waals surface area contributed by atoms with Gasteiger partial charge in [0, 0.05) is 25.3 Å². The molecule has 2 N–H and O–H groups in total. The van der Waals surface area contributed by atoms with Gasteiger partial charge in [-0.1, -0.05) is 30.3 Å². The molecule has 1 aromatic carbocycles. The van der Waals surface area contributed by atoms with Crippen LogP contribution in [0.15, 0.2) is 36.4 Å². The van der Waals surface area contributed by atoms with E-state index in [9.17, 15) is 4.79 Å². The predicted molar refractivity (Wildman–Crippen MR) is 77.5 cm³/mol. The van der Waals surface area contributed by atoms with Crippen LogP contribution in [0.25, 0.3) is 11.3 Å². The number of hydrogen-bond donors (Lipinski definition) is 2. The van der Waals surface area contributed by atoms with Crippen LogP contribution in [0.2, 0.25) is 0 Å². The number of carbonyl (C=O) groups is 1. The molecule has 0 unspecified atom stereocenters. The van der Waals surface area contributed by atoms with Crippen LogP contribution in [0.3, 0.4) is 0 Å². The van der Waals surface area contributed by atoms with E-state index >= 15 is 0 Å². The van der Waals surface area contributed by atoms with Gasteiger partial charge in [0.1, 0.15) is 5.69 Å². The Bertz CT molecular complexity index is 537. The molecular weight excluding hydrogens is 254 g/mol. The third-order valence-corrected chi connectivity index (χ3v) is 2.85. The number of aromatic amines is 1. The van der Waals surface area contributed by atoms with E-state index in [-0.39, 0.29) is 5.91 Å². The highest BCUT2D eigenvalue weighted by molar-refractivity contribution is 5.93. The molecule has 0 bridgehead atoms. The first-order valence-electron chi connectivity index (χ1n) is 6.78. The number of benzene rings is 1. The van der Waals surface area contributed by atoms with Crippen LogP contribution in [0.4, 0.5) is 0 Å². The average molecular weight is 273 g/mol. The van der Waals surface area contributed by atoms with E-state index in [1.165, 1.54) is 0 Å². The van der Waals surface area contributed by atoms with Crippen molar-refractivity contribution < 1.29 is 9.53 Å². The first-order chi connectivity index (χ1) is 9.81. The maximum atomic E-state index is 11.9. The highest BCUT2D eigenvalue weighted by atomic mass is 16.5. The zero-order valence-electron chi connectivity index (χ0n) is 11.6. The standard InChI is InChI=1S/C15H19N3O2/c1-2-20-10-6-9-16-15(19)14-11-13(17-18-14)12-7-4-3-5-8-12/h3-5,7-8,11H,2,6,9-10H2,1H3,(H,16,19)(H,17,18). The second kappa shape index (κ2) is 7.45. The summed E-state index contributed by atoms with van der Waals surface area (Å²) in [4.78, 5) is 11.9. The predicted octanol–water partition coefficient (Wildman–Crippen LogP) is 2.23. The van der Waals surface area contributed by atoms with E-state index in [1.807, 2.05) is 37.3 Å². The molecule has 5 nitrogen and oxygen atoms in total. The molecule has 1 heterocycles. The fourth-order valence-corrected chi connectivity index (χ4v) is 1.81. The van der Waals surface area contributed by atoms with Crippen molar-refractivity contribution in [2.45, 2.75) is 13.3 Å². The number of hydrogen-bond acceptors (Lipinski definition) is 3. The lowest BCUT2D eigenvalue weighted by atomic mass is 10.1. The molecule has 0 saturated heterocycles. The Hall–Kier alpha value is -2.14. The maximum Gasteiger partial charge on any atom is 0.269 e. The van der Waals surface area contributed by atoms with Crippen LogP contribution < -0.4 is 5.32 Å². The van der Waals surface area contributed by atoms with Crippen molar-refractivity contribution in [1.82, 2.24) is 15.5 Å². The van der Waals surface area contributed by atoms with E-state index < -0.39 is 0 Å². The largest absolute Gasteiger partial charge is 0.382 e. The van der Waals surface area contributed by atoms with Crippen LogP contribution >= 0.6 is 0 Å².